The van der Waals surface area contributed by atoms with E-state index in [1.807, 2.05) is 6.08 Å². The van der Waals surface area contributed by atoms with Gasteiger partial charge >= 0.3 is 0 Å². The maximum Gasteiger partial charge on any atom is 0.115 e. The van der Waals surface area contributed by atoms with Crippen molar-refractivity contribution < 1.29 is 0 Å². The normalized spacial score (nSPS) is 10.6. The van der Waals surface area contributed by atoms with Crippen molar-refractivity contribution in [1.29, 1.82) is 0 Å². The van der Waals surface area contributed by atoms with Crippen LogP contribution in [0.25, 0.3) is 6.08 Å². The van der Waals surface area contributed by atoms with E-state index in [2.05, 4.69) is 28.7 Å². The van der Waals surface area contributed by atoms with Crippen LogP contribution in [0.1, 0.15) is 12.0 Å². The van der Waals surface area contributed by atoms with Crippen molar-refractivity contribution >= 4 is 18.7 Å². The Balaban J connectivity index is 2.50. The topological polar surface area (TPSA) is 25.8 Å². The Hall–Kier alpha value is -0.830. The maximum atomic E-state index is 4.08. The van der Waals surface area contributed by atoms with Gasteiger partial charge in [0.25, 0.3) is 0 Å². The van der Waals surface area contributed by atoms with Crippen LogP contribution in [-0.2, 0) is 0 Å². The minimum Gasteiger partial charge on any atom is -0.244 e. The van der Waals surface area contributed by atoms with Crippen molar-refractivity contribution in [3.05, 3.63) is 30.4 Å². The second kappa shape index (κ2) is 4.91. The maximum absolute atomic E-state index is 4.08. The number of hydrogen-bond donors (Lipinski definition) is 1. The standard InChI is InChI=1S/C8H10N2S/c11-4-2-1-3-8-5-9-7-10-6-8/h1,3,5-7,11H,2,4H2. The van der Waals surface area contributed by atoms with E-state index in [1.165, 1.54) is 6.33 Å². The fourth-order valence-electron chi connectivity index (χ4n) is 0.691. The number of rotatable bonds is 3. The highest BCUT2D eigenvalue weighted by atomic mass is 32.1. The van der Waals surface area contributed by atoms with E-state index in [0.29, 0.717) is 0 Å². The SMILES string of the molecule is SCCC=Cc1cncnc1. The molecule has 3 heteroatoms. The molecule has 0 amide bonds. The summed E-state index contributed by atoms with van der Waals surface area (Å²) in [6, 6.07) is 0. The van der Waals surface area contributed by atoms with Crippen LogP contribution in [0.2, 0.25) is 0 Å². The summed E-state index contributed by atoms with van der Waals surface area (Å²) < 4.78 is 0. The summed E-state index contributed by atoms with van der Waals surface area (Å²) >= 11 is 4.08. The molecule has 0 saturated carbocycles. The van der Waals surface area contributed by atoms with Gasteiger partial charge in [-0.3, -0.25) is 0 Å². The third-order valence-electron chi connectivity index (χ3n) is 1.19. The first-order valence-corrected chi connectivity index (χ1v) is 4.09. The van der Waals surface area contributed by atoms with Crippen molar-refractivity contribution in [1.82, 2.24) is 9.97 Å². The molecule has 0 saturated heterocycles. The first-order chi connectivity index (χ1) is 5.43. The largest absolute Gasteiger partial charge is 0.244 e. The average molecular weight is 166 g/mol. The molecule has 58 valence electrons. The number of nitrogens with zero attached hydrogens (tertiary/aromatic N) is 2. The smallest absolute Gasteiger partial charge is 0.115 e. The van der Waals surface area contributed by atoms with Crippen molar-refractivity contribution in [3.8, 4) is 0 Å². The molecule has 0 bridgehead atoms. The molecule has 0 spiro atoms. The first-order valence-electron chi connectivity index (χ1n) is 3.46. The van der Waals surface area contributed by atoms with Gasteiger partial charge in [0.15, 0.2) is 0 Å². The first kappa shape index (κ1) is 8.27. The summed E-state index contributed by atoms with van der Waals surface area (Å²) in [7, 11) is 0. The summed E-state index contributed by atoms with van der Waals surface area (Å²) in [4.78, 5) is 7.76. The Morgan fingerprint density at radius 2 is 2.09 bits per heavy atom. The number of allylic oxidation sites excluding steroid dienone is 1. The van der Waals surface area contributed by atoms with Crippen molar-refractivity contribution in [2.45, 2.75) is 6.42 Å². The summed E-state index contributed by atoms with van der Waals surface area (Å²) in [6.07, 6.45) is 10.1. The Bertz CT molecular complexity index is 221. The highest BCUT2D eigenvalue weighted by Crippen LogP contribution is 1.97. The molecule has 0 N–H and O–H groups in total. The summed E-state index contributed by atoms with van der Waals surface area (Å²) in [5, 5.41) is 0. The van der Waals surface area contributed by atoms with E-state index in [4.69, 9.17) is 0 Å². The highest BCUT2D eigenvalue weighted by molar-refractivity contribution is 7.80. The number of aromatic nitrogens is 2. The van der Waals surface area contributed by atoms with E-state index >= 15 is 0 Å². The lowest BCUT2D eigenvalue weighted by atomic mass is 10.3. The molecule has 1 aromatic rings. The molecule has 1 rings (SSSR count). The molecule has 11 heavy (non-hydrogen) atoms. The van der Waals surface area contributed by atoms with Crippen LogP contribution in [0.3, 0.4) is 0 Å². The predicted molar refractivity (Wildman–Crippen MR) is 49.5 cm³/mol. The van der Waals surface area contributed by atoms with Gasteiger partial charge in [-0.2, -0.15) is 12.6 Å². The van der Waals surface area contributed by atoms with Crippen molar-refractivity contribution in [2.24, 2.45) is 0 Å². The Morgan fingerprint density at radius 3 is 2.73 bits per heavy atom. The predicted octanol–water partition coefficient (Wildman–Crippen LogP) is 1.81. The van der Waals surface area contributed by atoms with E-state index in [0.717, 1.165) is 17.7 Å². The lowest BCUT2D eigenvalue weighted by Crippen LogP contribution is -1.77. The van der Waals surface area contributed by atoms with Gasteiger partial charge in [0.2, 0.25) is 0 Å². The molecular weight excluding hydrogens is 156 g/mol. The van der Waals surface area contributed by atoms with Gasteiger partial charge in [-0.15, -0.1) is 0 Å². The third-order valence-corrected chi connectivity index (χ3v) is 1.44. The lowest BCUT2D eigenvalue weighted by molar-refractivity contribution is 1.16. The van der Waals surface area contributed by atoms with Gasteiger partial charge in [0.05, 0.1) is 0 Å². The Labute approximate surface area is 71.8 Å². The van der Waals surface area contributed by atoms with E-state index in [9.17, 15) is 0 Å². The van der Waals surface area contributed by atoms with Crippen LogP contribution in [0, 0.1) is 0 Å². The molecule has 1 aromatic heterocycles. The lowest BCUT2D eigenvalue weighted by Gasteiger charge is -1.88. The van der Waals surface area contributed by atoms with Crippen LogP contribution in [0.15, 0.2) is 24.8 Å². The highest BCUT2D eigenvalue weighted by Gasteiger charge is 1.82. The summed E-state index contributed by atoms with van der Waals surface area (Å²) in [6.45, 7) is 0. The second-order valence-corrected chi connectivity index (χ2v) is 2.53. The van der Waals surface area contributed by atoms with Crippen LogP contribution in [0.5, 0.6) is 0 Å². The van der Waals surface area contributed by atoms with Gasteiger partial charge in [0.1, 0.15) is 6.33 Å². The molecule has 0 aliphatic carbocycles. The minimum absolute atomic E-state index is 0.879. The molecule has 0 atom stereocenters. The zero-order valence-corrected chi connectivity index (χ0v) is 7.04. The molecule has 2 nitrogen and oxygen atoms in total. The molecule has 0 unspecified atom stereocenters. The van der Waals surface area contributed by atoms with E-state index < -0.39 is 0 Å². The monoisotopic (exact) mass is 166 g/mol. The van der Waals surface area contributed by atoms with Crippen LogP contribution >= 0.6 is 12.6 Å². The Kier molecular flexibility index (Phi) is 3.69. The van der Waals surface area contributed by atoms with Crippen LogP contribution in [-0.4, -0.2) is 15.7 Å². The summed E-state index contributed by atoms with van der Waals surface area (Å²) in [5.41, 5.74) is 1.04. The van der Waals surface area contributed by atoms with E-state index in [-0.39, 0.29) is 0 Å². The van der Waals surface area contributed by atoms with Gasteiger partial charge in [-0.25, -0.2) is 9.97 Å². The average Bonchev–Trinajstić information content (AvgIpc) is 2.07. The zero-order valence-electron chi connectivity index (χ0n) is 6.14. The fraction of sp³-hybridized carbons (Fsp3) is 0.250. The van der Waals surface area contributed by atoms with Crippen molar-refractivity contribution in [2.75, 3.05) is 5.75 Å². The van der Waals surface area contributed by atoms with Gasteiger partial charge in [0, 0.05) is 18.0 Å². The molecule has 0 aromatic carbocycles. The van der Waals surface area contributed by atoms with Crippen LogP contribution < -0.4 is 0 Å². The molecule has 0 fully saturated rings. The van der Waals surface area contributed by atoms with Crippen LogP contribution in [0.4, 0.5) is 0 Å². The van der Waals surface area contributed by atoms with Gasteiger partial charge in [-0.05, 0) is 12.2 Å². The zero-order chi connectivity index (χ0) is 7.94. The molecule has 0 aliphatic rings. The van der Waals surface area contributed by atoms with Gasteiger partial charge in [-0.1, -0.05) is 12.2 Å². The molecular formula is C8H10N2S. The van der Waals surface area contributed by atoms with Gasteiger partial charge < -0.3 is 0 Å². The fourth-order valence-corrected chi connectivity index (χ4v) is 0.840. The minimum atomic E-state index is 0.879. The third kappa shape index (κ3) is 3.18. The van der Waals surface area contributed by atoms with Crippen molar-refractivity contribution in [3.63, 3.8) is 0 Å². The Morgan fingerprint density at radius 1 is 1.36 bits per heavy atom. The number of thiol groups is 1. The molecule has 0 aliphatic heterocycles. The molecule has 0 radical (unpaired) electrons. The second-order valence-electron chi connectivity index (χ2n) is 2.09. The number of hydrogen-bond acceptors (Lipinski definition) is 3. The van der Waals surface area contributed by atoms with E-state index in [1.54, 1.807) is 12.4 Å². The molecule has 1 heterocycles. The quantitative estimate of drug-likeness (QED) is 0.693. The summed E-state index contributed by atoms with van der Waals surface area (Å²) in [5.74, 6) is 0.879.